The highest BCUT2D eigenvalue weighted by molar-refractivity contribution is 5.98. The number of hydrogen-bond donors (Lipinski definition) is 1. The molecule has 0 radical (unpaired) electrons. The van der Waals surface area contributed by atoms with E-state index in [0.29, 0.717) is 13.2 Å². The maximum Gasteiger partial charge on any atom is 0.254 e. The summed E-state index contributed by atoms with van der Waals surface area (Å²) in [5.41, 5.74) is 1.80. The number of aromatic amines is 1. The lowest BCUT2D eigenvalue weighted by atomic mass is 9.89. The zero-order chi connectivity index (χ0) is 14.2. The van der Waals surface area contributed by atoms with Crippen molar-refractivity contribution in [1.29, 1.82) is 0 Å². The lowest BCUT2D eigenvalue weighted by Crippen LogP contribution is -2.54. The van der Waals surface area contributed by atoms with Gasteiger partial charge in [-0.2, -0.15) is 0 Å². The predicted octanol–water partition coefficient (Wildman–Crippen LogP) is 2.95. The van der Waals surface area contributed by atoms with Crippen molar-refractivity contribution in [2.45, 2.75) is 37.8 Å². The van der Waals surface area contributed by atoms with Gasteiger partial charge in [0.25, 0.3) is 5.91 Å². The normalized spacial score (nSPS) is 25.8. The molecule has 2 aromatic rings. The first-order valence-corrected chi connectivity index (χ1v) is 7.83. The molecule has 2 atom stereocenters. The van der Waals surface area contributed by atoms with E-state index in [1.807, 2.05) is 35.4 Å². The van der Waals surface area contributed by atoms with Gasteiger partial charge in [-0.25, -0.2) is 0 Å². The highest BCUT2D eigenvalue weighted by Gasteiger charge is 2.36. The van der Waals surface area contributed by atoms with Crippen molar-refractivity contribution in [2.24, 2.45) is 0 Å². The van der Waals surface area contributed by atoms with Crippen LogP contribution in [0.1, 0.15) is 36.0 Å². The molecule has 4 heteroatoms. The number of rotatable bonds is 1. The molecule has 0 unspecified atom stereocenters. The van der Waals surface area contributed by atoms with Crippen LogP contribution in [0.3, 0.4) is 0 Å². The van der Waals surface area contributed by atoms with Crippen molar-refractivity contribution < 1.29 is 9.53 Å². The van der Waals surface area contributed by atoms with E-state index in [4.69, 9.17) is 4.74 Å². The third kappa shape index (κ3) is 2.23. The molecule has 0 bridgehead atoms. The van der Waals surface area contributed by atoms with Crippen molar-refractivity contribution in [3.05, 3.63) is 36.0 Å². The van der Waals surface area contributed by atoms with Crippen LogP contribution in [0.5, 0.6) is 0 Å². The molecule has 2 aliphatic rings. The van der Waals surface area contributed by atoms with Gasteiger partial charge in [0.05, 0.1) is 18.8 Å². The Balaban J connectivity index is 1.63. The lowest BCUT2D eigenvalue weighted by Gasteiger charge is -2.43. The van der Waals surface area contributed by atoms with Crippen molar-refractivity contribution in [1.82, 2.24) is 9.88 Å². The van der Waals surface area contributed by atoms with Crippen molar-refractivity contribution >= 4 is 16.8 Å². The maximum atomic E-state index is 12.9. The second-order valence-corrected chi connectivity index (χ2v) is 6.04. The van der Waals surface area contributed by atoms with Crippen molar-refractivity contribution in [3.63, 3.8) is 0 Å². The molecule has 1 saturated carbocycles. The Bertz CT molecular complexity index is 662. The standard InChI is InChI=1S/C17H20N2O2/c20-17(13-6-5-12-7-8-18-14(12)11-13)19-9-10-21-16-4-2-1-3-15(16)19/h5-8,11,15-16,18H,1-4,9-10H2/t15-,16-/m0/s1. The summed E-state index contributed by atoms with van der Waals surface area (Å²) in [7, 11) is 0. The van der Waals surface area contributed by atoms with E-state index in [-0.39, 0.29) is 18.1 Å². The van der Waals surface area contributed by atoms with Crippen LogP contribution in [0.15, 0.2) is 30.5 Å². The first-order valence-electron chi connectivity index (χ1n) is 7.83. The molecule has 110 valence electrons. The Morgan fingerprint density at radius 2 is 2.14 bits per heavy atom. The summed E-state index contributed by atoms with van der Waals surface area (Å²) in [5.74, 6) is 0.145. The molecule has 1 saturated heterocycles. The quantitative estimate of drug-likeness (QED) is 0.875. The average molecular weight is 284 g/mol. The number of benzene rings is 1. The molecule has 1 aromatic heterocycles. The number of carbonyl (C=O) groups is 1. The van der Waals surface area contributed by atoms with Crippen molar-refractivity contribution in [3.8, 4) is 0 Å². The van der Waals surface area contributed by atoms with E-state index in [9.17, 15) is 4.79 Å². The first-order chi connectivity index (χ1) is 10.3. The number of ether oxygens (including phenoxy) is 1. The van der Waals surface area contributed by atoms with Crippen LogP contribution < -0.4 is 0 Å². The third-order valence-electron chi connectivity index (χ3n) is 4.79. The molecule has 21 heavy (non-hydrogen) atoms. The van der Waals surface area contributed by atoms with Crippen LogP contribution in [0.4, 0.5) is 0 Å². The van der Waals surface area contributed by atoms with Gasteiger partial charge in [-0.3, -0.25) is 4.79 Å². The zero-order valence-corrected chi connectivity index (χ0v) is 12.0. The molecular formula is C17H20N2O2. The van der Waals surface area contributed by atoms with Gasteiger partial charge in [0, 0.05) is 23.8 Å². The number of amides is 1. The van der Waals surface area contributed by atoms with E-state index in [2.05, 4.69) is 4.98 Å². The van der Waals surface area contributed by atoms with Crippen LogP contribution >= 0.6 is 0 Å². The summed E-state index contributed by atoms with van der Waals surface area (Å²) >= 11 is 0. The summed E-state index contributed by atoms with van der Waals surface area (Å²) in [5, 5.41) is 1.14. The molecule has 4 rings (SSSR count). The summed E-state index contributed by atoms with van der Waals surface area (Å²) in [6.07, 6.45) is 6.73. The van der Waals surface area contributed by atoms with Crippen LogP contribution in [0, 0.1) is 0 Å². The molecule has 1 aliphatic carbocycles. The Labute approximate surface area is 124 Å². The van der Waals surface area contributed by atoms with Crippen LogP contribution in [-0.2, 0) is 4.74 Å². The lowest BCUT2D eigenvalue weighted by molar-refractivity contribution is -0.0752. The van der Waals surface area contributed by atoms with E-state index in [1.54, 1.807) is 0 Å². The predicted molar refractivity (Wildman–Crippen MR) is 81.3 cm³/mol. The van der Waals surface area contributed by atoms with Gasteiger partial charge < -0.3 is 14.6 Å². The molecule has 2 fully saturated rings. The Morgan fingerprint density at radius 3 is 3.10 bits per heavy atom. The van der Waals surface area contributed by atoms with Gasteiger partial charge in [-0.05, 0) is 36.4 Å². The van der Waals surface area contributed by atoms with E-state index in [1.165, 1.54) is 12.8 Å². The molecule has 1 aromatic carbocycles. The second-order valence-electron chi connectivity index (χ2n) is 6.04. The Morgan fingerprint density at radius 1 is 1.24 bits per heavy atom. The summed E-state index contributed by atoms with van der Waals surface area (Å²) in [6, 6.07) is 8.20. The summed E-state index contributed by atoms with van der Waals surface area (Å²) < 4.78 is 5.86. The third-order valence-corrected chi connectivity index (χ3v) is 4.79. The second kappa shape index (κ2) is 5.19. The number of fused-ring (bicyclic) bond motifs is 2. The van der Waals surface area contributed by atoms with Crippen LogP contribution in [0.2, 0.25) is 0 Å². The number of nitrogens with zero attached hydrogens (tertiary/aromatic N) is 1. The van der Waals surface area contributed by atoms with Gasteiger partial charge in [-0.1, -0.05) is 18.9 Å². The fraction of sp³-hybridized carbons (Fsp3) is 0.471. The van der Waals surface area contributed by atoms with Crippen LogP contribution in [-0.4, -0.2) is 41.1 Å². The molecule has 4 nitrogen and oxygen atoms in total. The zero-order valence-electron chi connectivity index (χ0n) is 12.0. The Hall–Kier alpha value is -1.81. The highest BCUT2D eigenvalue weighted by Crippen LogP contribution is 2.29. The topological polar surface area (TPSA) is 45.3 Å². The van der Waals surface area contributed by atoms with Gasteiger partial charge in [0.15, 0.2) is 0 Å². The summed E-state index contributed by atoms with van der Waals surface area (Å²) in [6.45, 7) is 1.38. The maximum absolute atomic E-state index is 12.9. The SMILES string of the molecule is O=C(c1ccc2cc[nH]c2c1)N1CCO[C@H]2CCCC[C@@H]21. The van der Waals surface area contributed by atoms with Gasteiger partial charge >= 0.3 is 0 Å². The Kier molecular flexibility index (Phi) is 3.19. The first kappa shape index (κ1) is 12.9. The molecular weight excluding hydrogens is 264 g/mol. The van der Waals surface area contributed by atoms with Gasteiger partial charge in [0.1, 0.15) is 0 Å². The van der Waals surface area contributed by atoms with Gasteiger partial charge in [0.2, 0.25) is 0 Å². The molecule has 1 aliphatic heterocycles. The number of carbonyl (C=O) groups excluding carboxylic acids is 1. The largest absolute Gasteiger partial charge is 0.374 e. The molecule has 1 N–H and O–H groups in total. The smallest absolute Gasteiger partial charge is 0.254 e. The van der Waals surface area contributed by atoms with E-state index in [0.717, 1.165) is 29.3 Å². The minimum atomic E-state index is 0.145. The van der Waals surface area contributed by atoms with Crippen LogP contribution in [0.25, 0.3) is 10.9 Å². The molecule has 1 amide bonds. The monoisotopic (exact) mass is 284 g/mol. The number of nitrogens with one attached hydrogen (secondary N) is 1. The minimum Gasteiger partial charge on any atom is -0.374 e. The fourth-order valence-corrected chi connectivity index (χ4v) is 3.70. The number of hydrogen-bond acceptors (Lipinski definition) is 2. The molecule has 2 heterocycles. The number of H-pyrrole nitrogens is 1. The minimum absolute atomic E-state index is 0.145. The van der Waals surface area contributed by atoms with Crippen molar-refractivity contribution in [2.75, 3.05) is 13.2 Å². The number of aromatic nitrogens is 1. The molecule has 0 spiro atoms. The van der Waals surface area contributed by atoms with Gasteiger partial charge in [-0.15, -0.1) is 0 Å². The number of morpholine rings is 1. The average Bonchev–Trinajstić information content (AvgIpc) is 3.01. The fourth-order valence-electron chi connectivity index (χ4n) is 3.70. The van der Waals surface area contributed by atoms with E-state index < -0.39 is 0 Å². The highest BCUT2D eigenvalue weighted by atomic mass is 16.5. The summed E-state index contributed by atoms with van der Waals surface area (Å²) in [4.78, 5) is 18.1. The van der Waals surface area contributed by atoms with E-state index >= 15 is 0 Å².